The smallest absolute Gasteiger partial charge is 0.277 e. The van der Waals surface area contributed by atoms with Crippen LogP contribution in [0.5, 0.6) is 11.5 Å². The fraction of sp³-hybridized carbons (Fsp3) is 0.158. The van der Waals surface area contributed by atoms with Crippen molar-refractivity contribution in [3.8, 4) is 33.5 Å². The minimum Gasteiger partial charge on any atom is -0.493 e. The molecule has 0 bridgehead atoms. The van der Waals surface area contributed by atoms with Gasteiger partial charge >= 0.3 is 0 Å². The second-order valence-electron chi connectivity index (χ2n) is 5.61. The molecular formula is C19H16N4O3S2. The van der Waals surface area contributed by atoms with Crippen molar-refractivity contribution in [2.75, 3.05) is 14.2 Å². The molecule has 28 heavy (non-hydrogen) atoms. The van der Waals surface area contributed by atoms with E-state index in [1.54, 1.807) is 38.0 Å². The van der Waals surface area contributed by atoms with Crippen molar-refractivity contribution in [2.45, 2.75) is 11.0 Å². The van der Waals surface area contributed by atoms with Crippen LogP contribution in [0.25, 0.3) is 22.0 Å². The fourth-order valence-corrected chi connectivity index (χ4v) is 4.07. The number of thiazole rings is 1. The SMILES string of the molecule is COc1ccc(-c2nc(CSc3nnc(-c4ccncc4)o3)cs2)cc1OC. The van der Waals surface area contributed by atoms with Crippen LogP contribution in [0.3, 0.4) is 0 Å². The Morgan fingerprint density at radius 3 is 2.61 bits per heavy atom. The predicted octanol–water partition coefficient (Wildman–Crippen LogP) is 4.56. The summed E-state index contributed by atoms with van der Waals surface area (Å²) in [4.78, 5) is 8.68. The van der Waals surface area contributed by atoms with Gasteiger partial charge in [0.2, 0.25) is 5.89 Å². The number of hydrogen-bond donors (Lipinski definition) is 0. The summed E-state index contributed by atoms with van der Waals surface area (Å²) in [5.41, 5.74) is 2.78. The van der Waals surface area contributed by atoms with Crippen LogP contribution < -0.4 is 9.47 Å². The number of aromatic nitrogens is 4. The lowest BCUT2D eigenvalue weighted by atomic mass is 10.2. The number of thioether (sulfide) groups is 1. The van der Waals surface area contributed by atoms with Gasteiger partial charge in [0.05, 0.1) is 19.9 Å². The summed E-state index contributed by atoms with van der Waals surface area (Å²) in [6.07, 6.45) is 3.38. The van der Waals surface area contributed by atoms with E-state index in [9.17, 15) is 0 Å². The van der Waals surface area contributed by atoms with E-state index in [4.69, 9.17) is 18.9 Å². The molecule has 0 saturated heterocycles. The molecule has 0 fully saturated rings. The summed E-state index contributed by atoms with van der Waals surface area (Å²) in [6, 6.07) is 9.43. The summed E-state index contributed by atoms with van der Waals surface area (Å²) in [6.45, 7) is 0. The molecule has 142 valence electrons. The molecule has 4 rings (SSSR count). The molecular weight excluding hydrogens is 396 g/mol. The van der Waals surface area contributed by atoms with Crippen LogP contribution in [0.1, 0.15) is 5.69 Å². The van der Waals surface area contributed by atoms with Gasteiger partial charge in [-0.2, -0.15) is 0 Å². The number of rotatable bonds is 7. The lowest BCUT2D eigenvalue weighted by Gasteiger charge is -2.08. The van der Waals surface area contributed by atoms with Crippen molar-refractivity contribution in [1.82, 2.24) is 20.2 Å². The van der Waals surface area contributed by atoms with Crippen molar-refractivity contribution in [3.05, 3.63) is 53.8 Å². The van der Waals surface area contributed by atoms with E-state index in [1.165, 1.54) is 11.8 Å². The molecule has 3 aromatic heterocycles. The molecule has 0 spiro atoms. The van der Waals surface area contributed by atoms with E-state index in [2.05, 4.69) is 15.2 Å². The van der Waals surface area contributed by atoms with E-state index in [-0.39, 0.29) is 0 Å². The van der Waals surface area contributed by atoms with Gasteiger partial charge in [-0.05, 0) is 30.3 Å². The summed E-state index contributed by atoms with van der Waals surface area (Å²) >= 11 is 3.03. The average molecular weight is 412 g/mol. The minimum atomic E-state index is 0.481. The molecule has 3 heterocycles. The molecule has 0 atom stereocenters. The normalized spacial score (nSPS) is 10.8. The fourth-order valence-electron chi connectivity index (χ4n) is 2.49. The first-order valence-electron chi connectivity index (χ1n) is 8.30. The Morgan fingerprint density at radius 2 is 1.82 bits per heavy atom. The minimum absolute atomic E-state index is 0.481. The van der Waals surface area contributed by atoms with Gasteiger partial charge in [-0.1, -0.05) is 11.8 Å². The lowest BCUT2D eigenvalue weighted by molar-refractivity contribution is 0.355. The molecule has 0 saturated carbocycles. The number of hydrogen-bond acceptors (Lipinski definition) is 9. The van der Waals surface area contributed by atoms with Gasteiger partial charge in [0.1, 0.15) is 5.01 Å². The van der Waals surface area contributed by atoms with Crippen LogP contribution in [-0.4, -0.2) is 34.4 Å². The van der Waals surface area contributed by atoms with Crippen molar-refractivity contribution < 1.29 is 13.9 Å². The van der Waals surface area contributed by atoms with Gasteiger partial charge < -0.3 is 13.9 Å². The third-order valence-corrected chi connectivity index (χ3v) is 5.65. The zero-order chi connectivity index (χ0) is 19.3. The van der Waals surface area contributed by atoms with Crippen molar-refractivity contribution in [3.63, 3.8) is 0 Å². The van der Waals surface area contributed by atoms with Crippen molar-refractivity contribution in [2.24, 2.45) is 0 Å². The highest BCUT2D eigenvalue weighted by molar-refractivity contribution is 7.98. The standard InChI is InChI=1S/C19H16N4O3S2/c1-24-15-4-3-13(9-16(15)25-2)18-21-14(10-27-18)11-28-19-23-22-17(26-19)12-5-7-20-8-6-12/h3-10H,11H2,1-2H3. The molecule has 0 aliphatic rings. The average Bonchev–Trinajstić information content (AvgIpc) is 3.42. The number of methoxy groups -OCH3 is 2. The highest BCUT2D eigenvalue weighted by atomic mass is 32.2. The number of pyridine rings is 1. The lowest BCUT2D eigenvalue weighted by Crippen LogP contribution is -1.90. The van der Waals surface area contributed by atoms with E-state index in [0.29, 0.717) is 28.4 Å². The zero-order valence-electron chi connectivity index (χ0n) is 15.2. The molecule has 0 aliphatic heterocycles. The Hall–Kier alpha value is -2.91. The second kappa shape index (κ2) is 8.41. The van der Waals surface area contributed by atoms with E-state index >= 15 is 0 Å². The molecule has 0 radical (unpaired) electrons. The van der Waals surface area contributed by atoms with Crippen LogP contribution >= 0.6 is 23.1 Å². The number of benzene rings is 1. The Morgan fingerprint density at radius 1 is 1.00 bits per heavy atom. The topological polar surface area (TPSA) is 83.2 Å². The molecule has 0 aliphatic carbocycles. The van der Waals surface area contributed by atoms with Crippen molar-refractivity contribution >= 4 is 23.1 Å². The zero-order valence-corrected chi connectivity index (χ0v) is 16.8. The molecule has 0 unspecified atom stereocenters. The Kier molecular flexibility index (Phi) is 5.54. The highest BCUT2D eigenvalue weighted by Crippen LogP contribution is 2.34. The Balaban J connectivity index is 1.44. The summed E-state index contributed by atoms with van der Waals surface area (Å²) in [5.74, 6) is 2.50. The third kappa shape index (κ3) is 4.00. The Bertz CT molecular complexity index is 1070. The van der Waals surface area contributed by atoms with E-state index < -0.39 is 0 Å². The van der Waals surface area contributed by atoms with Crippen LogP contribution in [0.15, 0.2) is 57.7 Å². The quantitative estimate of drug-likeness (QED) is 0.408. The van der Waals surface area contributed by atoms with E-state index in [0.717, 1.165) is 21.8 Å². The van der Waals surface area contributed by atoms with Crippen LogP contribution in [0.2, 0.25) is 0 Å². The van der Waals surface area contributed by atoms with Gasteiger partial charge in [0.25, 0.3) is 5.22 Å². The predicted molar refractivity (Wildman–Crippen MR) is 108 cm³/mol. The molecule has 1 aromatic carbocycles. The van der Waals surface area contributed by atoms with Gasteiger partial charge in [-0.15, -0.1) is 21.5 Å². The first-order valence-corrected chi connectivity index (χ1v) is 10.2. The summed E-state index contributed by atoms with van der Waals surface area (Å²) in [7, 11) is 3.24. The van der Waals surface area contributed by atoms with Crippen LogP contribution in [0, 0.1) is 0 Å². The molecule has 0 N–H and O–H groups in total. The Labute approximate surface area is 169 Å². The highest BCUT2D eigenvalue weighted by Gasteiger charge is 2.12. The van der Waals surface area contributed by atoms with Gasteiger partial charge in [-0.25, -0.2) is 4.98 Å². The van der Waals surface area contributed by atoms with Gasteiger partial charge in [0.15, 0.2) is 11.5 Å². The third-order valence-electron chi connectivity index (χ3n) is 3.86. The monoisotopic (exact) mass is 412 g/mol. The van der Waals surface area contributed by atoms with Gasteiger partial charge in [-0.3, -0.25) is 4.98 Å². The summed E-state index contributed by atoms with van der Waals surface area (Å²) in [5, 5.41) is 11.6. The maximum Gasteiger partial charge on any atom is 0.277 e. The maximum absolute atomic E-state index is 5.70. The molecule has 4 aromatic rings. The first kappa shape index (κ1) is 18.5. The van der Waals surface area contributed by atoms with E-state index in [1.807, 2.05) is 35.7 Å². The van der Waals surface area contributed by atoms with Crippen molar-refractivity contribution in [1.29, 1.82) is 0 Å². The maximum atomic E-state index is 5.70. The summed E-state index contributed by atoms with van der Waals surface area (Å²) < 4.78 is 16.3. The second-order valence-corrected chi connectivity index (χ2v) is 7.40. The number of ether oxygens (including phenoxy) is 2. The van der Waals surface area contributed by atoms with Crippen LogP contribution in [0.4, 0.5) is 0 Å². The molecule has 0 amide bonds. The molecule has 7 nitrogen and oxygen atoms in total. The van der Waals surface area contributed by atoms with Gasteiger partial charge in [0, 0.05) is 34.7 Å². The number of nitrogens with zero attached hydrogens (tertiary/aromatic N) is 4. The largest absolute Gasteiger partial charge is 0.493 e. The first-order chi connectivity index (χ1) is 13.8. The molecule has 9 heteroatoms. The van der Waals surface area contributed by atoms with Crippen LogP contribution in [-0.2, 0) is 5.75 Å².